The van der Waals surface area contributed by atoms with Gasteiger partial charge in [0.1, 0.15) is 5.82 Å². The molecule has 114 valence electrons. The SMILES string of the molecule is Cc1cc(Cl)ccc1N1N=C(CN)CC1c1ccc(F)cc1. The number of hydrazone groups is 1. The average Bonchev–Trinajstić information content (AvgIpc) is 2.92. The number of nitrogens with two attached hydrogens (primary N) is 1. The number of hydrogen-bond donors (Lipinski definition) is 1. The van der Waals surface area contributed by atoms with E-state index in [0.29, 0.717) is 11.6 Å². The second-order valence-corrected chi connectivity index (χ2v) is 5.85. The number of rotatable bonds is 3. The van der Waals surface area contributed by atoms with Crippen LogP contribution in [0.15, 0.2) is 47.6 Å². The summed E-state index contributed by atoms with van der Waals surface area (Å²) in [5.41, 5.74) is 9.74. The number of hydrogen-bond acceptors (Lipinski definition) is 3. The Morgan fingerprint density at radius 2 is 2.00 bits per heavy atom. The van der Waals surface area contributed by atoms with Crippen LogP contribution in [-0.2, 0) is 0 Å². The molecule has 1 unspecified atom stereocenters. The minimum absolute atomic E-state index is 0.0269. The van der Waals surface area contributed by atoms with Crippen LogP contribution in [0, 0.1) is 12.7 Å². The van der Waals surface area contributed by atoms with Gasteiger partial charge < -0.3 is 5.73 Å². The maximum absolute atomic E-state index is 13.2. The molecule has 0 aromatic heterocycles. The summed E-state index contributed by atoms with van der Waals surface area (Å²) in [5.74, 6) is -0.240. The van der Waals surface area contributed by atoms with Crippen LogP contribution in [0.5, 0.6) is 0 Å². The minimum atomic E-state index is -0.240. The summed E-state index contributed by atoms with van der Waals surface area (Å²) in [7, 11) is 0. The number of benzene rings is 2. The summed E-state index contributed by atoms with van der Waals surface area (Å²) in [6.45, 7) is 2.42. The fourth-order valence-corrected chi connectivity index (χ4v) is 2.97. The van der Waals surface area contributed by atoms with Crippen LogP contribution < -0.4 is 10.7 Å². The van der Waals surface area contributed by atoms with E-state index in [0.717, 1.165) is 28.9 Å². The van der Waals surface area contributed by atoms with Gasteiger partial charge in [-0.15, -0.1) is 0 Å². The first-order chi connectivity index (χ1) is 10.6. The van der Waals surface area contributed by atoms with Gasteiger partial charge in [-0.3, -0.25) is 5.01 Å². The second kappa shape index (κ2) is 6.07. The van der Waals surface area contributed by atoms with Crippen molar-refractivity contribution in [2.75, 3.05) is 11.6 Å². The van der Waals surface area contributed by atoms with Gasteiger partial charge >= 0.3 is 0 Å². The van der Waals surface area contributed by atoms with Gasteiger partial charge in [-0.1, -0.05) is 23.7 Å². The highest BCUT2D eigenvalue weighted by Gasteiger charge is 2.29. The lowest BCUT2D eigenvalue weighted by atomic mass is 10.0. The molecule has 22 heavy (non-hydrogen) atoms. The van der Waals surface area contributed by atoms with E-state index in [1.807, 2.05) is 30.1 Å². The normalized spacial score (nSPS) is 17.7. The van der Waals surface area contributed by atoms with Gasteiger partial charge in [0, 0.05) is 18.0 Å². The second-order valence-electron chi connectivity index (χ2n) is 5.42. The molecule has 2 N–H and O–H groups in total. The average molecular weight is 318 g/mol. The monoisotopic (exact) mass is 317 g/mol. The highest BCUT2D eigenvalue weighted by Crippen LogP contribution is 2.37. The molecular weight excluding hydrogens is 301 g/mol. The van der Waals surface area contributed by atoms with Crippen molar-refractivity contribution in [3.8, 4) is 0 Å². The maximum atomic E-state index is 13.2. The third-order valence-corrected chi connectivity index (χ3v) is 4.10. The molecule has 0 spiro atoms. The molecule has 0 fully saturated rings. The summed E-state index contributed by atoms with van der Waals surface area (Å²) in [5, 5.41) is 7.29. The Morgan fingerprint density at radius 3 is 2.64 bits per heavy atom. The molecule has 0 aliphatic carbocycles. The standard InChI is InChI=1S/C17H17ClFN3/c1-11-8-13(18)4-7-16(11)22-17(9-15(10-20)21-22)12-2-5-14(19)6-3-12/h2-8,17H,9-10,20H2,1H3. The number of nitrogens with zero attached hydrogens (tertiary/aromatic N) is 2. The van der Waals surface area contributed by atoms with Gasteiger partial charge in [-0.2, -0.15) is 5.10 Å². The first-order valence-electron chi connectivity index (χ1n) is 7.16. The maximum Gasteiger partial charge on any atom is 0.123 e. The smallest absolute Gasteiger partial charge is 0.123 e. The molecule has 3 nitrogen and oxygen atoms in total. The fraction of sp³-hybridized carbons (Fsp3) is 0.235. The lowest BCUT2D eigenvalue weighted by molar-refractivity contribution is 0.624. The van der Waals surface area contributed by atoms with Crippen molar-refractivity contribution in [2.45, 2.75) is 19.4 Å². The van der Waals surface area contributed by atoms with Crippen molar-refractivity contribution in [3.05, 3.63) is 64.4 Å². The predicted molar refractivity (Wildman–Crippen MR) is 88.9 cm³/mol. The zero-order valence-electron chi connectivity index (χ0n) is 12.3. The molecule has 0 bridgehead atoms. The van der Waals surface area contributed by atoms with Gasteiger partial charge in [0.25, 0.3) is 0 Å². The molecule has 0 saturated carbocycles. The Kier molecular flexibility index (Phi) is 4.14. The lowest BCUT2D eigenvalue weighted by Crippen LogP contribution is -2.19. The fourth-order valence-electron chi connectivity index (χ4n) is 2.74. The van der Waals surface area contributed by atoms with E-state index in [4.69, 9.17) is 17.3 Å². The molecule has 1 heterocycles. The Balaban J connectivity index is 2.01. The van der Waals surface area contributed by atoms with E-state index in [-0.39, 0.29) is 11.9 Å². The van der Waals surface area contributed by atoms with Crippen LogP contribution in [0.4, 0.5) is 10.1 Å². The van der Waals surface area contributed by atoms with Gasteiger partial charge in [-0.25, -0.2) is 4.39 Å². The molecule has 0 saturated heterocycles. The predicted octanol–water partition coefficient (Wildman–Crippen LogP) is 4.05. The molecule has 2 aromatic rings. The van der Waals surface area contributed by atoms with E-state index < -0.39 is 0 Å². The molecule has 0 radical (unpaired) electrons. The van der Waals surface area contributed by atoms with Crippen LogP contribution in [0.3, 0.4) is 0 Å². The van der Waals surface area contributed by atoms with Crippen molar-refractivity contribution < 1.29 is 4.39 Å². The zero-order chi connectivity index (χ0) is 15.7. The van der Waals surface area contributed by atoms with Gasteiger partial charge in [0.05, 0.1) is 17.4 Å². The van der Waals surface area contributed by atoms with Crippen molar-refractivity contribution in [1.82, 2.24) is 0 Å². The van der Waals surface area contributed by atoms with Crippen molar-refractivity contribution >= 4 is 23.0 Å². The summed E-state index contributed by atoms with van der Waals surface area (Å²) in [6, 6.07) is 12.3. The van der Waals surface area contributed by atoms with Crippen molar-refractivity contribution in [3.63, 3.8) is 0 Å². The summed E-state index contributed by atoms with van der Waals surface area (Å²) in [6.07, 6.45) is 0.740. The van der Waals surface area contributed by atoms with Crippen LogP contribution >= 0.6 is 11.6 Å². The van der Waals surface area contributed by atoms with Crippen LogP contribution in [-0.4, -0.2) is 12.3 Å². The van der Waals surface area contributed by atoms with Gasteiger partial charge in [0.15, 0.2) is 0 Å². The van der Waals surface area contributed by atoms with Crippen molar-refractivity contribution in [1.29, 1.82) is 0 Å². The molecule has 1 aliphatic rings. The van der Waals surface area contributed by atoms with Crippen LogP contribution in [0.2, 0.25) is 5.02 Å². The Bertz CT molecular complexity index is 712. The molecular formula is C17H17ClFN3. The number of aryl methyl sites for hydroxylation is 1. The van der Waals surface area contributed by atoms with E-state index in [1.54, 1.807) is 12.1 Å². The van der Waals surface area contributed by atoms with E-state index >= 15 is 0 Å². The number of anilines is 1. The van der Waals surface area contributed by atoms with E-state index in [9.17, 15) is 4.39 Å². The quantitative estimate of drug-likeness (QED) is 0.927. The Hall–Kier alpha value is -1.91. The topological polar surface area (TPSA) is 41.6 Å². The molecule has 5 heteroatoms. The van der Waals surface area contributed by atoms with E-state index in [2.05, 4.69) is 5.10 Å². The summed E-state index contributed by atoms with van der Waals surface area (Å²) >= 11 is 6.03. The molecule has 2 aromatic carbocycles. The summed E-state index contributed by atoms with van der Waals surface area (Å²) in [4.78, 5) is 0. The first-order valence-corrected chi connectivity index (χ1v) is 7.53. The lowest BCUT2D eigenvalue weighted by Gasteiger charge is -2.25. The van der Waals surface area contributed by atoms with Crippen molar-refractivity contribution in [2.24, 2.45) is 10.8 Å². The third-order valence-electron chi connectivity index (χ3n) is 3.87. The minimum Gasteiger partial charge on any atom is -0.325 e. The van der Waals surface area contributed by atoms with Crippen LogP contribution in [0.25, 0.3) is 0 Å². The summed E-state index contributed by atoms with van der Waals surface area (Å²) < 4.78 is 13.2. The van der Waals surface area contributed by atoms with Gasteiger partial charge in [0.2, 0.25) is 0 Å². The zero-order valence-corrected chi connectivity index (χ0v) is 13.0. The number of halogens is 2. The van der Waals surface area contributed by atoms with E-state index in [1.165, 1.54) is 12.1 Å². The third kappa shape index (κ3) is 2.85. The molecule has 3 rings (SSSR count). The molecule has 1 aliphatic heterocycles. The highest BCUT2D eigenvalue weighted by molar-refractivity contribution is 6.30. The highest BCUT2D eigenvalue weighted by atomic mass is 35.5. The largest absolute Gasteiger partial charge is 0.325 e. The first kappa shape index (κ1) is 15.0. The Labute approximate surface area is 134 Å². The van der Waals surface area contributed by atoms with Crippen LogP contribution in [0.1, 0.15) is 23.6 Å². The van der Waals surface area contributed by atoms with Gasteiger partial charge in [-0.05, 0) is 48.4 Å². The Morgan fingerprint density at radius 1 is 1.27 bits per heavy atom. The molecule has 0 amide bonds. The molecule has 1 atom stereocenters.